The third-order valence-electron chi connectivity index (χ3n) is 2.85. The van der Waals surface area contributed by atoms with Crippen molar-refractivity contribution in [1.29, 1.82) is 0 Å². The summed E-state index contributed by atoms with van der Waals surface area (Å²) in [4.78, 5) is 0. The lowest BCUT2D eigenvalue weighted by atomic mass is 10.2. The molecule has 0 spiro atoms. The highest BCUT2D eigenvalue weighted by molar-refractivity contribution is 9.11. The first-order valence-corrected chi connectivity index (χ1v) is 7.38. The van der Waals surface area contributed by atoms with Crippen molar-refractivity contribution in [3.8, 4) is 11.5 Å². The number of rotatable bonds is 3. The summed E-state index contributed by atoms with van der Waals surface area (Å²) in [5.74, 6) is 1.62. The molecule has 0 unspecified atom stereocenters. The molecule has 0 aliphatic carbocycles. The second-order valence-corrected chi connectivity index (χ2v) is 5.94. The zero-order chi connectivity index (χ0) is 13.2. The molecule has 0 fully saturated rings. The molecule has 0 bridgehead atoms. The van der Waals surface area contributed by atoms with Gasteiger partial charge in [-0.1, -0.05) is 22.0 Å². The lowest BCUT2D eigenvalue weighted by Gasteiger charge is -2.09. The van der Waals surface area contributed by atoms with E-state index >= 15 is 0 Å². The van der Waals surface area contributed by atoms with Gasteiger partial charge in [-0.25, -0.2) is 0 Å². The van der Waals surface area contributed by atoms with Crippen molar-refractivity contribution < 1.29 is 9.47 Å². The van der Waals surface area contributed by atoms with Crippen molar-refractivity contribution in [3.63, 3.8) is 0 Å². The van der Waals surface area contributed by atoms with Crippen LogP contribution in [-0.4, -0.2) is 6.79 Å². The van der Waals surface area contributed by atoms with Gasteiger partial charge in [-0.15, -0.1) is 0 Å². The van der Waals surface area contributed by atoms with E-state index in [0.29, 0.717) is 6.79 Å². The van der Waals surface area contributed by atoms with Crippen LogP contribution in [-0.2, 0) is 6.54 Å². The highest BCUT2D eigenvalue weighted by Crippen LogP contribution is 2.33. The molecule has 5 heteroatoms. The average molecular weight is 385 g/mol. The molecular weight excluding hydrogens is 374 g/mol. The Bertz CT molecular complexity index is 616. The molecule has 0 aromatic heterocycles. The minimum Gasteiger partial charge on any atom is -0.454 e. The van der Waals surface area contributed by atoms with Gasteiger partial charge in [0.2, 0.25) is 6.79 Å². The van der Waals surface area contributed by atoms with Crippen LogP contribution in [0, 0.1) is 0 Å². The summed E-state index contributed by atoms with van der Waals surface area (Å²) >= 11 is 6.99. The lowest BCUT2D eigenvalue weighted by Crippen LogP contribution is -2.00. The maximum absolute atomic E-state index is 5.37. The third-order valence-corrected chi connectivity index (χ3v) is 4.03. The molecule has 0 saturated heterocycles. The summed E-state index contributed by atoms with van der Waals surface area (Å²) in [5, 5.41) is 3.39. The van der Waals surface area contributed by atoms with Gasteiger partial charge in [-0.3, -0.25) is 0 Å². The number of benzene rings is 2. The molecule has 19 heavy (non-hydrogen) atoms. The number of hydrogen-bond donors (Lipinski definition) is 1. The average Bonchev–Trinajstić information content (AvgIpc) is 2.87. The molecule has 1 aliphatic rings. The molecule has 3 rings (SSSR count). The fourth-order valence-electron chi connectivity index (χ4n) is 1.88. The van der Waals surface area contributed by atoms with E-state index in [-0.39, 0.29) is 0 Å². The summed E-state index contributed by atoms with van der Waals surface area (Å²) < 4.78 is 12.7. The van der Waals surface area contributed by atoms with Crippen molar-refractivity contribution >= 4 is 37.5 Å². The van der Waals surface area contributed by atoms with Crippen LogP contribution < -0.4 is 14.8 Å². The van der Waals surface area contributed by atoms with Gasteiger partial charge >= 0.3 is 0 Å². The second-order valence-electron chi connectivity index (χ2n) is 4.17. The van der Waals surface area contributed by atoms with Crippen molar-refractivity contribution in [2.75, 3.05) is 12.1 Å². The van der Waals surface area contributed by atoms with Crippen LogP contribution in [0.5, 0.6) is 11.5 Å². The Labute approximate surface area is 128 Å². The Hall–Kier alpha value is -1.20. The minimum atomic E-state index is 0.309. The molecule has 2 aromatic rings. The Balaban J connectivity index is 1.74. The topological polar surface area (TPSA) is 30.5 Å². The van der Waals surface area contributed by atoms with E-state index in [2.05, 4.69) is 37.2 Å². The van der Waals surface area contributed by atoms with Crippen LogP contribution in [0.4, 0.5) is 5.69 Å². The van der Waals surface area contributed by atoms with E-state index in [1.165, 1.54) is 0 Å². The fourth-order valence-corrected chi connectivity index (χ4v) is 2.63. The first-order valence-electron chi connectivity index (χ1n) is 5.80. The quantitative estimate of drug-likeness (QED) is 0.841. The molecule has 3 nitrogen and oxygen atoms in total. The van der Waals surface area contributed by atoms with Crippen molar-refractivity contribution in [1.82, 2.24) is 0 Å². The summed E-state index contributed by atoms with van der Waals surface area (Å²) in [6.45, 7) is 1.04. The van der Waals surface area contributed by atoms with E-state index < -0.39 is 0 Å². The number of anilines is 1. The molecule has 2 aromatic carbocycles. The molecule has 1 aliphatic heterocycles. The van der Waals surface area contributed by atoms with Gasteiger partial charge < -0.3 is 14.8 Å². The Kier molecular flexibility index (Phi) is 3.66. The Morgan fingerprint density at radius 2 is 1.84 bits per heavy atom. The molecular formula is C14H11Br2NO2. The van der Waals surface area contributed by atoms with E-state index in [0.717, 1.165) is 38.2 Å². The second kappa shape index (κ2) is 5.43. The van der Waals surface area contributed by atoms with Gasteiger partial charge in [0.15, 0.2) is 11.5 Å². The Morgan fingerprint density at radius 1 is 1.00 bits per heavy atom. The Morgan fingerprint density at radius 3 is 2.74 bits per heavy atom. The van der Waals surface area contributed by atoms with Crippen LogP contribution in [0.3, 0.4) is 0 Å². The molecule has 1 heterocycles. The highest BCUT2D eigenvalue weighted by Gasteiger charge is 2.13. The van der Waals surface area contributed by atoms with Crippen LogP contribution >= 0.6 is 31.9 Å². The van der Waals surface area contributed by atoms with Gasteiger partial charge in [0, 0.05) is 21.2 Å². The van der Waals surface area contributed by atoms with E-state index in [1.54, 1.807) is 0 Å². The largest absolute Gasteiger partial charge is 0.454 e. The van der Waals surface area contributed by atoms with Gasteiger partial charge in [-0.05, 0) is 51.8 Å². The van der Waals surface area contributed by atoms with Crippen LogP contribution in [0.1, 0.15) is 5.56 Å². The van der Waals surface area contributed by atoms with E-state index in [4.69, 9.17) is 9.47 Å². The molecule has 0 radical (unpaired) electrons. The number of halogens is 2. The molecule has 0 atom stereocenters. The van der Waals surface area contributed by atoms with Gasteiger partial charge in [0.1, 0.15) is 0 Å². The molecule has 0 saturated carbocycles. The van der Waals surface area contributed by atoms with Gasteiger partial charge in [0.25, 0.3) is 0 Å². The normalized spacial score (nSPS) is 12.5. The third kappa shape index (κ3) is 2.87. The predicted molar refractivity (Wildman–Crippen MR) is 81.7 cm³/mol. The SMILES string of the molecule is Brc1ccc(Br)c(NCc2ccc3c(c2)OCO3)c1. The monoisotopic (exact) mass is 383 g/mol. The first-order chi connectivity index (χ1) is 9.22. The lowest BCUT2D eigenvalue weighted by molar-refractivity contribution is 0.174. The minimum absolute atomic E-state index is 0.309. The van der Waals surface area contributed by atoms with E-state index in [9.17, 15) is 0 Å². The molecule has 1 N–H and O–H groups in total. The maximum atomic E-state index is 5.37. The number of hydrogen-bond acceptors (Lipinski definition) is 3. The summed E-state index contributed by atoms with van der Waals surface area (Å²) in [7, 11) is 0. The van der Waals surface area contributed by atoms with Crippen molar-refractivity contribution in [2.24, 2.45) is 0 Å². The first kappa shape index (κ1) is 12.8. The van der Waals surface area contributed by atoms with Crippen LogP contribution in [0.15, 0.2) is 45.3 Å². The standard InChI is InChI=1S/C14H11Br2NO2/c15-10-2-3-11(16)12(6-10)17-7-9-1-4-13-14(5-9)19-8-18-13/h1-6,17H,7-8H2. The summed E-state index contributed by atoms with van der Waals surface area (Å²) in [6.07, 6.45) is 0. The van der Waals surface area contributed by atoms with Crippen LogP contribution in [0.2, 0.25) is 0 Å². The summed E-state index contributed by atoms with van der Waals surface area (Å²) in [6, 6.07) is 12.0. The fraction of sp³-hybridized carbons (Fsp3) is 0.143. The molecule has 98 valence electrons. The van der Waals surface area contributed by atoms with E-state index in [1.807, 2.05) is 36.4 Å². The predicted octanol–water partition coefficient (Wildman–Crippen LogP) is 4.55. The number of nitrogens with one attached hydrogen (secondary N) is 1. The number of ether oxygens (including phenoxy) is 2. The van der Waals surface area contributed by atoms with Gasteiger partial charge in [-0.2, -0.15) is 0 Å². The summed E-state index contributed by atoms with van der Waals surface area (Å²) in [5.41, 5.74) is 2.20. The van der Waals surface area contributed by atoms with Crippen LogP contribution in [0.25, 0.3) is 0 Å². The molecule has 0 amide bonds. The maximum Gasteiger partial charge on any atom is 0.231 e. The zero-order valence-electron chi connectivity index (χ0n) is 9.95. The highest BCUT2D eigenvalue weighted by atomic mass is 79.9. The van der Waals surface area contributed by atoms with Gasteiger partial charge in [0.05, 0.1) is 0 Å². The zero-order valence-corrected chi connectivity index (χ0v) is 13.1. The van der Waals surface area contributed by atoms with Crippen molar-refractivity contribution in [3.05, 3.63) is 50.9 Å². The van der Waals surface area contributed by atoms with Crippen molar-refractivity contribution in [2.45, 2.75) is 6.54 Å². The smallest absolute Gasteiger partial charge is 0.231 e. The number of fused-ring (bicyclic) bond motifs is 1.